The number of aromatic nitrogens is 1. The smallest absolute Gasteiger partial charge is 0.258 e. The molecule has 0 radical (unpaired) electrons. The molecule has 4 N–H and O–H groups in total. The lowest BCUT2D eigenvalue weighted by Crippen LogP contribution is -2.31. The van der Waals surface area contributed by atoms with Crippen LogP contribution < -0.4 is 14.2 Å². The average molecular weight is 521 g/mol. The number of phenols is 3. The molecule has 1 amide bonds. The van der Waals surface area contributed by atoms with Gasteiger partial charge in [0.1, 0.15) is 0 Å². The van der Waals surface area contributed by atoms with Crippen LogP contribution >= 0.6 is 0 Å². The van der Waals surface area contributed by atoms with Crippen molar-refractivity contribution < 1.29 is 34.3 Å². The van der Waals surface area contributed by atoms with Gasteiger partial charge >= 0.3 is 0 Å². The zero-order valence-electron chi connectivity index (χ0n) is 21.7. The summed E-state index contributed by atoms with van der Waals surface area (Å²) in [6, 6.07) is 14.1. The topological polar surface area (TPSA) is 124 Å². The maximum Gasteiger partial charge on any atom is 0.258 e. The summed E-state index contributed by atoms with van der Waals surface area (Å²) in [4.78, 5) is 18.4. The van der Waals surface area contributed by atoms with E-state index in [-0.39, 0.29) is 12.1 Å². The molecule has 0 aliphatic rings. The molecule has 0 unspecified atom stereocenters. The summed E-state index contributed by atoms with van der Waals surface area (Å²) in [7, 11) is 4.56. The lowest BCUT2D eigenvalue weighted by molar-refractivity contribution is 0.0736. The van der Waals surface area contributed by atoms with Crippen molar-refractivity contribution in [2.75, 3.05) is 27.9 Å². The Kier molecular flexibility index (Phi) is 8.15. The quantitative estimate of drug-likeness (QED) is 0.162. The van der Waals surface area contributed by atoms with Gasteiger partial charge in [-0.25, -0.2) is 0 Å². The van der Waals surface area contributed by atoms with Crippen molar-refractivity contribution >= 4 is 16.8 Å². The number of unbranched alkanes of at least 4 members (excludes halogenated alkanes) is 1. The number of nitrogens with one attached hydrogen (secondary N) is 1. The summed E-state index contributed by atoms with van der Waals surface area (Å²) in [6.45, 7) is 0.572. The van der Waals surface area contributed by atoms with E-state index >= 15 is 0 Å². The number of para-hydroxylation sites is 1. The van der Waals surface area contributed by atoms with Gasteiger partial charge in [0.2, 0.25) is 11.5 Å². The normalized spacial score (nSPS) is 10.9. The van der Waals surface area contributed by atoms with Crippen LogP contribution in [-0.4, -0.2) is 59.0 Å². The van der Waals surface area contributed by atoms with Gasteiger partial charge in [-0.2, -0.15) is 0 Å². The Morgan fingerprint density at radius 2 is 1.61 bits per heavy atom. The Morgan fingerprint density at radius 1 is 0.895 bits per heavy atom. The number of hydrogen-bond donors (Lipinski definition) is 4. The number of ether oxygens (including phenoxy) is 3. The Bertz CT molecular complexity index is 1400. The fourth-order valence-electron chi connectivity index (χ4n) is 4.57. The van der Waals surface area contributed by atoms with Crippen LogP contribution in [0.1, 0.15) is 34.3 Å². The van der Waals surface area contributed by atoms with Gasteiger partial charge in [0.25, 0.3) is 5.91 Å². The Balaban J connectivity index is 1.57. The standard InChI is InChI=1S/C29H32N2O7/c1-36-24-14-18(15-25(37-2)28(24)38-3)17-31(29(35)21-11-12-23(32)27(34)26(21)33)13-7-6-8-19-16-30-22-10-5-4-9-20(19)22/h4-5,9-12,14-16,30,32-34H,6-8,13,17H2,1-3H3. The number of rotatable bonds is 11. The number of methoxy groups -OCH3 is 3. The van der Waals surface area contributed by atoms with Crippen LogP contribution in [0.3, 0.4) is 0 Å². The highest BCUT2D eigenvalue weighted by molar-refractivity contribution is 5.98. The Morgan fingerprint density at radius 3 is 2.29 bits per heavy atom. The molecule has 0 saturated carbocycles. The number of fused-ring (bicyclic) bond motifs is 1. The summed E-state index contributed by atoms with van der Waals surface area (Å²) in [6.07, 6.45) is 4.37. The number of phenolic OH excluding ortho intramolecular Hbond substituents is 3. The van der Waals surface area contributed by atoms with Crippen LogP contribution in [0.25, 0.3) is 10.9 Å². The Labute approximate surface area is 220 Å². The molecule has 0 aliphatic carbocycles. The molecular weight excluding hydrogens is 488 g/mol. The molecule has 9 heteroatoms. The van der Waals surface area contributed by atoms with Gasteiger partial charge in [0.15, 0.2) is 23.0 Å². The molecule has 38 heavy (non-hydrogen) atoms. The van der Waals surface area contributed by atoms with Crippen molar-refractivity contribution in [3.05, 3.63) is 71.4 Å². The molecule has 0 atom stereocenters. The number of nitrogens with zero attached hydrogens (tertiary/aromatic N) is 1. The van der Waals surface area contributed by atoms with E-state index in [2.05, 4.69) is 11.1 Å². The van der Waals surface area contributed by atoms with Crippen molar-refractivity contribution in [3.8, 4) is 34.5 Å². The number of aryl methyl sites for hydroxylation is 1. The van der Waals surface area contributed by atoms with E-state index < -0.39 is 23.2 Å². The minimum absolute atomic E-state index is 0.107. The monoisotopic (exact) mass is 520 g/mol. The number of carbonyl (C=O) groups excluding carboxylic acids is 1. The van der Waals surface area contributed by atoms with Crippen LogP contribution in [0.4, 0.5) is 0 Å². The maximum absolute atomic E-state index is 13.5. The molecule has 3 aromatic carbocycles. The molecule has 1 heterocycles. The number of hydrogen-bond acceptors (Lipinski definition) is 7. The summed E-state index contributed by atoms with van der Waals surface area (Å²) >= 11 is 0. The molecule has 200 valence electrons. The number of aromatic hydroxyl groups is 3. The molecule has 4 aromatic rings. The van der Waals surface area contributed by atoms with Crippen LogP contribution in [0, 0.1) is 0 Å². The van der Waals surface area contributed by atoms with Gasteiger partial charge in [0, 0.05) is 30.2 Å². The molecule has 1 aromatic heterocycles. The van der Waals surface area contributed by atoms with Crippen molar-refractivity contribution in [1.29, 1.82) is 0 Å². The molecule has 0 fully saturated rings. The number of carbonyl (C=O) groups is 1. The highest BCUT2D eigenvalue weighted by atomic mass is 16.5. The molecule has 9 nitrogen and oxygen atoms in total. The minimum Gasteiger partial charge on any atom is -0.504 e. The second-order valence-corrected chi connectivity index (χ2v) is 8.91. The van der Waals surface area contributed by atoms with Gasteiger partial charge in [0.05, 0.1) is 26.9 Å². The third-order valence-electron chi connectivity index (χ3n) is 6.54. The van der Waals surface area contributed by atoms with Gasteiger partial charge in [-0.05, 0) is 60.7 Å². The second-order valence-electron chi connectivity index (χ2n) is 8.91. The third-order valence-corrected chi connectivity index (χ3v) is 6.54. The van der Waals surface area contributed by atoms with E-state index in [0.717, 1.165) is 23.9 Å². The predicted octanol–water partition coefficient (Wildman–Crippen LogP) is 4.98. The first-order valence-electron chi connectivity index (χ1n) is 12.2. The van der Waals surface area contributed by atoms with E-state index in [1.54, 1.807) is 17.0 Å². The van der Waals surface area contributed by atoms with E-state index in [4.69, 9.17) is 14.2 Å². The van der Waals surface area contributed by atoms with Crippen molar-refractivity contribution in [3.63, 3.8) is 0 Å². The highest BCUT2D eigenvalue weighted by Crippen LogP contribution is 2.40. The molecule has 0 saturated heterocycles. The molecular formula is C29H32N2O7. The third kappa shape index (κ3) is 5.41. The molecule has 4 rings (SSSR count). The van der Waals surface area contributed by atoms with Crippen LogP contribution in [0.5, 0.6) is 34.5 Å². The maximum atomic E-state index is 13.5. The summed E-state index contributed by atoms with van der Waals surface area (Å²) in [5, 5.41) is 31.3. The first-order valence-corrected chi connectivity index (χ1v) is 12.2. The van der Waals surface area contributed by atoms with Gasteiger partial charge < -0.3 is 39.4 Å². The zero-order valence-corrected chi connectivity index (χ0v) is 21.7. The fraction of sp³-hybridized carbons (Fsp3) is 0.276. The van der Waals surface area contributed by atoms with Crippen molar-refractivity contribution in [2.45, 2.75) is 25.8 Å². The van der Waals surface area contributed by atoms with Crippen LogP contribution in [-0.2, 0) is 13.0 Å². The Hall–Kier alpha value is -4.53. The summed E-state index contributed by atoms with van der Waals surface area (Å²) in [5.41, 5.74) is 2.92. The van der Waals surface area contributed by atoms with Gasteiger partial charge in [-0.15, -0.1) is 0 Å². The zero-order chi connectivity index (χ0) is 27.2. The summed E-state index contributed by atoms with van der Waals surface area (Å²) < 4.78 is 16.3. The van der Waals surface area contributed by atoms with Gasteiger partial charge in [-0.1, -0.05) is 18.2 Å². The van der Waals surface area contributed by atoms with Crippen LogP contribution in [0.2, 0.25) is 0 Å². The molecule has 0 bridgehead atoms. The largest absolute Gasteiger partial charge is 0.504 e. The average Bonchev–Trinajstić information content (AvgIpc) is 3.35. The van der Waals surface area contributed by atoms with Crippen molar-refractivity contribution in [1.82, 2.24) is 9.88 Å². The van der Waals surface area contributed by atoms with Gasteiger partial charge in [-0.3, -0.25) is 4.79 Å². The fourth-order valence-corrected chi connectivity index (χ4v) is 4.57. The lowest BCUT2D eigenvalue weighted by atomic mass is 10.1. The van der Waals surface area contributed by atoms with Crippen molar-refractivity contribution in [2.24, 2.45) is 0 Å². The number of aromatic amines is 1. The minimum atomic E-state index is -0.733. The first kappa shape index (κ1) is 26.5. The predicted molar refractivity (Wildman–Crippen MR) is 144 cm³/mol. The summed E-state index contributed by atoms with van der Waals surface area (Å²) in [5.74, 6) is -1.03. The lowest BCUT2D eigenvalue weighted by Gasteiger charge is -2.24. The molecule has 0 aliphatic heterocycles. The highest BCUT2D eigenvalue weighted by Gasteiger charge is 2.24. The number of H-pyrrole nitrogens is 1. The first-order chi connectivity index (χ1) is 18.4. The molecule has 0 spiro atoms. The van der Waals surface area contributed by atoms with E-state index in [9.17, 15) is 20.1 Å². The number of amides is 1. The SMILES string of the molecule is COc1cc(CN(CCCCc2c[nH]c3ccccc23)C(=O)c2ccc(O)c(O)c2O)cc(OC)c1OC. The second kappa shape index (κ2) is 11.7. The van der Waals surface area contributed by atoms with E-state index in [0.29, 0.717) is 30.2 Å². The number of benzene rings is 3. The van der Waals surface area contributed by atoms with E-state index in [1.165, 1.54) is 44.4 Å². The van der Waals surface area contributed by atoms with Crippen LogP contribution in [0.15, 0.2) is 54.7 Å². The van der Waals surface area contributed by atoms with E-state index in [1.807, 2.05) is 24.4 Å².